The van der Waals surface area contributed by atoms with E-state index < -0.39 is 0 Å². The monoisotopic (exact) mass is 283 g/mol. The van der Waals surface area contributed by atoms with Crippen molar-refractivity contribution in [1.29, 1.82) is 0 Å². The molecular weight excluding hydrogens is 254 g/mol. The summed E-state index contributed by atoms with van der Waals surface area (Å²) in [5.74, 6) is 3.21. The van der Waals surface area contributed by atoms with Gasteiger partial charge in [-0.05, 0) is 61.4 Å². The molecule has 0 radical (unpaired) electrons. The first-order chi connectivity index (χ1) is 8.98. The molecule has 2 nitrogen and oxygen atoms in total. The molecule has 2 heterocycles. The maximum Gasteiger partial charge on any atom is 0.0701 e. The van der Waals surface area contributed by atoms with Gasteiger partial charge in [0.2, 0.25) is 0 Å². The fourth-order valence-electron chi connectivity index (χ4n) is 4.71. The smallest absolute Gasteiger partial charge is 0.0701 e. The van der Waals surface area contributed by atoms with Gasteiger partial charge in [0.15, 0.2) is 0 Å². The van der Waals surface area contributed by atoms with E-state index in [1.807, 2.05) is 0 Å². The van der Waals surface area contributed by atoms with E-state index >= 15 is 0 Å². The van der Waals surface area contributed by atoms with Crippen LogP contribution in [-0.2, 0) is 4.74 Å². The van der Waals surface area contributed by atoms with Crippen molar-refractivity contribution < 1.29 is 4.74 Å². The van der Waals surface area contributed by atoms with Crippen LogP contribution in [0, 0.1) is 11.3 Å². The SMILES string of the molecule is CC1(C)CCCC1(N)C1CCOC2(CCSCC2)C1. The summed E-state index contributed by atoms with van der Waals surface area (Å²) in [5.41, 5.74) is 7.48. The molecule has 110 valence electrons. The first kappa shape index (κ1) is 14.2. The van der Waals surface area contributed by atoms with E-state index in [0.717, 1.165) is 6.61 Å². The minimum absolute atomic E-state index is 0.0500. The second-order valence-corrected chi connectivity index (χ2v) is 8.84. The minimum atomic E-state index is 0.0500. The fraction of sp³-hybridized carbons (Fsp3) is 1.00. The lowest BCUT2D eigenvalue weighted by Gasteiger charge is -2.51. The highest BCUT2D eigenvalue weighted by Gasteiger charge is 2.53. The van der Waals surface area contributed by atoms with Crippen molar-refractivity contribution in [1.82, 2.24) is 0 Å². The topological polar surface area (TPSA) is 35.2 Å². The Bertz CT molecular complexity index is 332. The lowest BCUT2D eigenvalue weighted by Crippen LogP contribution is -2.59. The van der Waals surface area contributed by atoms with E-state index in [-0.39, 0.29) is 11.1 Å². The molecule has 2 N–H and O–H groups in total. The summed E-state index contributed by atoms with van der Waals surface area (Å²) >= 11 is 2.08. The Labute approximate surface area is 122 Å². The van der Waals surface area contributed by atoms with Crippen LogP contribution in [0.3, 0.4) is 0 Å². The molecule has 0 aromatic rings. The van der Waals surface area contributed by atoms with Crippen LogP contribution in [0.5, 0.6) is 0 Å². The number of nitrogens with two attached hydrogens (primary N) is 1. The van der Waals surface area contributed by atoms with Gasteiger partial charge in [-0.3, -0.25) is 0 Å². The largest absolute Gasteiger partial charge is 0.375 e. The summed E-state index contributed by atoms with van der Waals surface area (Å²) in [6.45, 7) is 5.71. The average Bonchev–Trinajstić information content (AvgIpc) is 2.66. The predicted molar refractivity (Wildman–Crippen MR) is 82.5 cm³/mol. The highest BCUT2D eigenvalue weighted by Crippen LogP contribution is 2.53. The fourth-order valence-corrected chi connectivity index (χ4v) is 5.95. The van der Waals surface area contributed by atoms with Gasteiger partial charge >= 0.3 is 0 Å². The molecule has 2 aliphatic heterocycles. The Kier molecular flexibility index (Phi) is 3.68. The molecule has 1 spiro atoms. The summed E-state index contributed by atoms with van der Waals surface area (Å²) in [5, 5.41) is 0. The van der Waals surface area contributed by atoms with Gasteiger partial charge in [0, 0.05) is 12.1 Å². The Hall–Kier alpha value is 0.270. The van der Waals surface area contributed by atoms with Gasteiger partial charge in [0.25, 0.3) is 0 Å². The van der Waals surface area contributed by atoms with E-state index in [9.17, 15) is 0 Å². The van der Waals surface area contributed by atoms with Crippen LogP contribution in [0.15, 0.2) is 0 Å². The van der Waals surface area contributed by atoms with Gasteiger partial charge in [0.1, 0.15) is 0 Å². The van der Waals surface area contributed by atoms with Crippen LogP contribution in [-0.4, -0.2) is 29.3 Å². The van der Waals surface area contributed by atoms with Crippen LogP contribution in [0.1, 0.15) is 58.8 Å². The van der Waals surface area contributed by atoms with Crippen LogP contribution in [0.4, 0.5) is 0 Å². The normalized spacial score (nSPS) is 41.5. The van der Waals surface area contributed by atoms with Crippen LogP contribution >= 0.6 is 11.8 Å². The molecule has 3 heteroatoms. The molecule has 1 saturated carbocycles. The molecule has 0 amide bonds. The van der Waals surface area contributed by atoms with Crippen molar-refractivity contribution in [2.75, 3.05) is 18.1 Å². The highest BCUT2D eigenvalue weighted by molar-refractivity contribution is 7.99. The van der Waals surface area contributed by atoms with Gasteiger partial charge in [0.05, 0.1) is 5.60 Å². The second-order valence-electron chi connectivity index (χ2n) is 7.61. The third-order valence-corrected chi connectivity index (χ3v) is 7.26. The molecule has 0 bridgehead atoms. The summed E-state index contributed by atoms with van der Waals surface area (Å²) in [7, 11) is 0. The molecule has 2 saturated heterocycles. The molecule has 3 fully saturated rings. The first-order valence-corrected chi connectivity index (χ1v) is 9.14. The van der Waals surface area contributed by atoms with Gasteiger partial charge in [-0.25, -0.2) is 0 Å². The van der Waals surface area contributed by atoms with E-state index in [1.165, 1.54) is 56.5 Å². The molecule has 2 atom stereocenters. The lowest BCUT2D eigenvalue weighted by molar-refractivity contribution is -0.121. The maximum absolute atomic E-state index is 6.94. The van der Waals surface area contributed by atoms with Crippen molar-refractivity contribution in [3.8, 4) is 0 Å². The van der Waals surface area contributed by atoms with Crippen molar-refractivity contribution >= 4 is 11.8 Å². The summed E-state index contributed by atoms with van der Waals surface area (Å²) in [4.78, 5) is 0. The zero-order chi connectivity index (χ0) is 13.6. The third-order valence-electron chi connectivity index (χ3n) is 6.28. The Morgan fingerprint density at radius 3 is 2.47 bits per heavy atom. The molecule has 0 aromatic carbocycles. The average molecular weight is 283 g/mol. The number of rotatable bonds is 1. The summed E-state index contributed by atoms with van der Waals surface area (Å²) < 4.78 is 6.24. The van der Waals surface area contributed by atoms with Gasteiger partial charge in [-0.1, -0.05) is 20.3 Å². The van der Waals surface area contributed by atoms with E-state index in [2.05, 4.69) is 25.6 Å². The second kappa shape index (κ2) is 4.92. The Morgan fingerprint density at radius 2 is 1.84 bits per heavy atom. The maximum atomic E-state index is 6.94. The van der Waals surface area contributed by atoms with Crippen molar-refractivity contribution in [3.63, 3.8) is 0 Å². The van der Waals surface area contributed by atoms with Crippen molar-refractivity contribution in [2.24, 2.45) is 17.1 Å². The third kappa shape index (κ3) is 2.36. The first-order valence-electron chi connectivity index (χ1n) is 7.98. The van der Waals surface area contributed by atoms with Crippen LogP contribution in [0.2, 0.25) is 0 Å². The number of ether oxygens (including phenoxy) is 1. The van der Waals surface area contributed by atoms with E-state index in [4.69, 9.17) is 10.5 Å². The predicted octanol–water partition coefficient (Wildman–Crippen LogP) is 3.59. The molecule has 19 heavy (non-hydrogen) atoms. The zero-order valence-electron chi connectivity index (χ0n) is 12.5. The Morgan fingerprint density at radius 1 is 1.11 bits per heavy atom. The minimum Gasteiger partial charge on any atom is -0.375 e. The van der Waals surface area contributed by atoms with Crippen molar-refractivity contribution in [3.05, 3.63) is 0 Å². The summed E-state index contributed by atoms with van der Waals surface area (Å²) in [6, 6.07) is 0. The molecule has 0 aromatic heterocycles. The number of hydrogen-bond acceptors (Lipinski definition) is 3. The molecule has 3 rings (SSSR count). The standard InChI is InChI=1S/C16H29NOS/c1-14(2)5-3-6-16(14,17)13-4-9-18-15(12-13)7-10-19-11-8-15/h13H,3-12,17H2,1-2H3. The van der Waals surface area contributed by atoms with Gasteiger partial charge in [-0.15, -0.1) is 0 Å². The number of thioether (sulfide) groups is 1. The zero-order valence-corrected chi connectivity index (χ0v) is 13.4. The molecule has 1 aliphatic carbocycles. The lowest BCUT2D eigenvalue weighted by atomic mass is 9.63. The number of hydrogen-bond donors (Lipinski definition) is 1. The van der Waals surface area contributed by atoms with E-state index in [1.54, 1.807) is 0 Å². The molecule has 2 unspecified atom stereocenters. The van der Waals surface area contributed by atoms with Crippen LogP contribution < -0.4 is 5.73 Å². The van der Waals surface area contributed by atoms with E-state index in [0.29, 0.717) is 11.3 Å². The molecular formula is C16H29NOS. The highest BCUT2D eigenvalue weighted by atomic mass is 32.2. The van der Waals surface area contributed by atoms with Gasteiger partial charge < -0.3 is 10.5 Å². The summed E-state index contributed by atoms with van der Waals surface area (Å²) in [6.07, 6.45) is 8.70. The quantitative estimate of drug-likeness (QED) is 0.799. The Balaban J connectivity index is 1.78. The van der Waals surface area contributed by atoms with Crippen LogP contribution in [0.25, 0.3) is 0 Å². The molecule has 3 aliphatic rings. The van der Waals surface area contributed by atoms with Crippen molar-refractivity contribution in [2.45, 2.75) is 69.9 Å². The van der Waals surface area contributed by atoms with Gasteiger partial charge in [-0.2, -0.15) is 11.8 Å².